The molecule has 1 aromatic heterocycles. The summed E-state index contributed by atoms with van der Waals surface area (Å²) in [5.41, 5.74) is 3.95. The van der Waals surface area contributed by atoms with E-state index in [1.807, 2.05) is 30.9 Å². The lowest BCUT2D eigenvalue weighted by Crippen LogP contribution is -2.32. The number of rotatable bonds is 2. The van der Waals surface area contributed by atoms with Gasteiger partial charge in [-0.15, -0.1) is 0 Å². The molecule has 0 bridgehead atoms. The highest BCUT2D eigenvalue weighted by Crippen LogP contribution is 2.38. The van der Waals surface area contributed by atoms with Crippen LogP contribution >= 0.6 is 23.2 Å². The van der Waals surface area contributed by atoms with Crippen LogP contribution in [0.15, 0.2) is 39.5 Å². The van der Waals surface area contributed by atoms with E-state index in [9.17, 15) is 4.79 Å². The Morgan fingerprint density at radius 3 is 2.77 bits per heavy atom. The van der Waals surface area contributed by atoms with Gasteiger partial charge in [0.05, 0.1) is 10.7 Å². The Kier molecular flexibility index (Phi) is 4.33. The Morgan fingerprint density at radius 1 is 1.19 bits per heavy atom. The molecule has 4 nitrogen and oxygen atoms in total. The molecule has 0 saturated carbocycles. The van der Waals surface area contributed by atoms with Crippen molar-refractivity contribution in [3.8, 4) is 5.75 Å². The first-order valence-electron chi connectivity index (χ1n) is 8.40. The first kappa shape index (κ1) is 17.3. The van der Waals surface area contributed by atoms with Crippen molar-refractivity contribution in [3.63, 3.8) is 0 Å². The molecular weight excluding hydrogens is 373 g/mol. The number of aryl methyl sites for hydroxylation is 2. The van der Waals surface area contributed by atoms with Gasteiger partial charge in [0.15, 0.2) is 6.73 Å². The Labute approximate surface area is 160 Å². The minimum absolute atomic E-state index is 0.333. The summed E-state index contributed by atoms with van der Waals surface area (Å²) < 4.78 is 11.5. The van der Waals surface area contributed by atoms with Gasteiger partial charge in [-0.2, -0.15) is 0 Å². The molecule has 0 spiro atoms. The Bertz CT molecular complexity index is 1070. The van der Waals surface area contributed by atoms with Crippen LogP contribution in [0, 0.1) is 6.92 Å². The zero-order valence-corrected chi connectivity index (χ0v) is 15.9. The lowest BCUT2D eigenvalue weighted by Gasteiger charge is -2.32. The summed E-state index contributed by atoms with van der Waals surface area (Å²) in [4.78, 5) is 13.9. The molecule has 1 aliphatic heterocycles. The van der Waals surface area contributed by atoms with Gasteiger partial charge in [-0.3, -0.25) is 0 Å². The minimum Gasteiger partial charge on any atom is -0.472 e. The molecule has 1 aliphatic rings. The van der Waals surface area contributed by atoms with Crippen molar-refractivity contribution in [2.45, 2.75) is 26.8 Å². The molecule has 3 aromatic rings. The molecule has 2 heterocycles. The maximum atomic E-state index is 11.8. The van der Waals surface area contributed by atoms with E-state index in [0.717, 1.165) is 39.9 Å². The number of hydrogen-bond donors (Lipinski definition) is 0. The quantitative estimate of drug-likeness (QED) is 0.555. The second-order valence-electron chi connectivity index (χ2n) is 6.38. The van der Waals surface area contributed by atoms with E-state index in [1.165, 1.54) is 0 Å². The molecule has 4 rings (SSSR count). The lowest BCUT2D eigenvalue weighted by molar-refractivity contribution is 0.287. The summed E-state index contributed by atoms with van der Waals surface area (Å²) in [6.07, 6.45) is 0.755. The van der Waals surface area contributed by atoms with Crippen molar-refractivity contribution in [1.29, 1.82) is 0 Å². The number of benzene rings is 2. The molecule has 2 aromatic carbocycles. The average Bonchev–Trinajstić information content (AvgIpc) is 2.63. The number of halogens is 2. The van der Waals surface area contributed by atoms with E-state index in [2.05, 4.69) is 0 Å². The summed E-state index contributed by atoms with van der Waals surface area (Å²) >= 11 is 12.5. The monoisotopic (exact) mass is 389 g/mol. The molecule has 0 radical (unpaired) electrons. The van der Waals surface area contributed by atoms with E-state index < -0.39 is 0 Å². The average molecular weight is 390 g/mol. The van der Waals surface area contributed by atoms with Crippen molar-refractivity contribution < 1.29 is 9.15 Å². The number of fused-ring (bicyclic) bond motifs is 2. The third kappa shape index (κ3) is 2.83. The van der Waals surface area contributed by atoms with Crippen molar-refractivity contribution in [2.75, 3.05) is 11.6 Å². The number of ether oxygens (including phenoxy) is 1. The maximum Gasteiger partial charge on any atom is 0.336 e. The third-order valence-electron chi connectivity index (χ3n) is 4.73. The fourth-order valence-corrected chi connectivity index (χ4v) is 3.86. The van der Waals surface area contributed by atoms with Crippen molar-refractivity contribution in [1.82, 2.24) is 0 Å². The summed E-state index contributed by atoms with van der Waals surface area (Å²) in [6.45, 7) is 4.93. The van der Waals surface area contributed by atoms with Crippen LogP contribution in [0.5, 0.6) is 5.75 Å². The highest BCUT2D eigenvalue weighted by molar-refractivity contribution is 6.35. The summed E-state index contributed by atoms with van der Waals surface area (Å²) in [7, 11) is 0. The predicted molar refractivity (Wildman–Crippen MR) is 105 cm³/mol. The van der Waals surface area contributed by atoms with Crippen LogP contribution in [0.1, 0.15) is 23.6 Å². The standard InChI is InChI=1S/C20H17Cl2NO3/c1-3-12-7-18(24)26-20-11(2)19-13(6-15(12)20)9-23(10-25-19)17-8-14(21)4-5-16(17)22/h4-8H,3,9-10H2,1-2H3. The minimum atomic E-state index is -0.333. The van der Waals surface area contributed by atoms with Crippen LogP contribution in [-0.4, -0.2) is 6.73 Å². The van der Waals surface area contributed by atoms with E-state index in [4.69, 9.17) is 32.4 Å². The molecule has 0 N–H and O–H groups in total. The fraction of sp³-hybridized carbons (Fsp3) is 0.250. The van der Waals surface area contributed by atoms with Gasteiger partial charge in [-0.05, 0) is 43.2 Å². The third-order valence-corrected chi connectivity index (χ3v) is 5.29. The van der Waals surface area contributed by atoms with Gasteiger partial charge < -0.3 is 14.1 Å². The van der Waals surface area contributed by atoms with Crippen molar-refractivity contribution >= 4 is 39.9 Å². The van der Waals surface area contributed by atoms with E-state index in [-0.39, 0.29) is 5.63 Å². The summed E-state index contributed by atoms with van der Waals surface area (Å²) in [5.74, 6) is 0.767. The van der Waals surface area contributed by atoms with Gasteiger partial charge in [-0.25, -0.2) is 4.79 Å². The van der Waals surface area contributed by atoms with Crippen LogP contribution < -0.4 is 15.3 Å². The van der Waals surface area contributed by atoms with Crippen LogP contribution in [-0.2, 0) is 13.0 Å². The topological polar surface area (TPSA) is 42.7 Å². The van der Waals surface area contributed by atoms with E-state index >= 15 is 0 Å². The van der Waals surface area contributed by atoms with Crippen LogP contribution in [0.4, 0.5) is 5.69 Å². The predicted octanol–water partition coefficient (Wildman–Crippen LogP) is 5.33. The zero-order valence-electron chi connectivity index (χ0n) is 14.4. The highest BCUT2D eigenvalue weighted by atomic mass is 35.5. The Morgan fingerprint density at radius 2 is 2.00 bits per heavy atom. The fourth-order valence-electron chi connectivity index (χ4n) is 3.46. The molecule has 134 valence electrons. The van der Waals surface area contributed by atoms with Gasteiger partial charge in [-0.1, -0.05) is 30.1 Å². The van der Waals surface area contributed by atoms with Gasteiger partial charge in [0.2, 0.25) is 0 Å². The Hall–Kier alpha value is -2.17. The van der Waals surface area contributed by atoms with Gasteiger partial charge in [0.25, 0.3) is 0 Å². The number of hydrogen-bond acceptors (Lipinski definition) is 4. The first-order valence-corrected chi connectivity index (χ1v) is 9.15. The summed E-state index contributed by atoms with van der Waals surface area (Å²) in [6, 6.07) is 8.99. The molecule has 0 saturated heterocycles. The van der Waals surface area contributed by atoms with Crippen LogP contribution in [0.3, 0.4) is 0 Å². The van der Waals surface area contributed by atoms with Crippen LogP contribution in [0.25, 0.3) is 11.0 Å². The molecular formula is C20H17Cl2NO3. The van der Waals surface area contributed by atoms with Gasteiger partial charge >= 0.3 is 5.63 Å². The second-order valence-corrected chi connectivity index (χ2v) is 7.22. The second kappa shape index (κ2) is 6.53. The molecule has 0 aliphatic carbocycles. The molecule has 26 heavy (non-hydrogen) atoms. The van der Waals surface area contributed by atoms with Crippen molar-refractivity contribution in [3.05, 3.63) is 67.5 Å². The smallest absolute Gasteiger partial charge is 0.336 e. The van der Waals surface area contributed by atoms with Crippen molar-refractivity contribution in [2.24, 2.45) is 0 Å². The number of anilines is 1. The van der Waals surface area contributed by atoms with Gasteiger partial charge in [0.1, 0.15) is 11.3 Å². The molecule has 0 unspecified atom stereocenters. The van der Waals surface area contributed by atoms with Crippen LogP contribution in [0.2, 0.25) is 10.0 Å². The zero-order chi connectivity index (χ0) is 18.4. The van der Waals surface area contributed by atoms with E-state index in [1.54, 1.807) is 18.2 Å². The molecule has 0 atom stereocenters. The maximum absolute atomic E-state index is 11.8. The molecule has 0 amide bonds. The number of nitrogens with zero attached hydrogens (tertiary/aromatic N) is 1. The first-order chi connectivity index (χ1) is 12.5. The molecule has 0 fully saturated rings. The molecule has 6 heteroatoms. The largest absolute Gasteiger partial charge is 0.472 e. The summed E-state index contributed by atoms with van der Waals surface area (Å²) in [5, 5.41) is 2.20. The lowest BCUT2D eigenvalue weighted by atomic mass is 9.99. The normalized spacial score (nSPS) is 13.6. The van der Waals surface area contributed by atoms with Gasteiger partial charge in [0, 0.05) is 34.1 Å². The Balaban J connectivity index is 1.84. The van der Waals surface area contributed by atoms with E-state index in [0.29, 0.717) is 28.9 Å². The SMILES string of the molecule is CCc1cc(=O)oc2c(C)c3c(cc12)CN(c1cc(Cl)ccc1Cl)CO3. The highest BCUT2D eigenvalue weighted by Gasteiger charge is 2.24.